The molecule has 1 fully saturated rings. The summed E-state index contributed by atoms with van der Waals surface area (Å²) in [6, 6.07) is 5.17. The number of hydrogen-bond donors (Lipinski definition) is 3. The molecule has 0 aliphatic heterocycles. The Labute approximate surface area is 152 Å². The number of carbonyl (C=O) groups excluding carboxylic acids is 3. The van der Waals surface area contributed by atoms with Gasteiger partial charge in [-0.1, -0.05) is 25.3 Å². The van der Waals surface area contributed by atoms with E-state index in [4.69, 9.17) is 0 Å². The van der Waals surface area contributed by atoms with Crippen molar-refractivity contribution in [2.75, 3.05) is 25.5 Å². The van der Waals surface area contributed by atoms with Gasteiger partial charge in [0.2, 0.25) is 11.8 Å². The van der Waals surface area contributed by atoms with Gasteiger partial charge in [0.25, 0.3) is 0 Å². The number of hydrogen-bond acceptors (Lipinski definition) is 4. The third-order valence-electron chi connectivity index (χ3n) is 4.13. The summed E-state index contributed by atoms with van der Waals surface area (Å²) in [6.45, 7) is -0.164. The second-order valence-electron chi connectivity index (χ2n) is 6.59. The van der Waals surface area contributed by atoms with Crippen molar-refractivity contribution in [2.24, 2.45) is 0 Å². The first-order valence-corrected chi connectivity index (χ1v) is 8.76. The molecular formula is C18H25FN4O3. The Morgan fingerprint density at radius 1 is 1.12 bits per heavy atom. The van der Waals surface area contributed by atoms with Gasteiger partial charge in [0, 0.05) is 11.7 Å². The third kappa shape index (κ3) is 7.18. The lowest BCUT2D eigenvalue weighted by Crippen LogP contribution is -2.48. The lowest BCUT2D eigenvalue weighted by molar-refractivity contribution is -0.122. The fourth-order valence-corrected chi connectivity index (χ4v) is 2.95. The monoisotopic (exact) mass is 364 g/mol. The van der Waals surface area contributed by atoms with Crippen molar-refractivity contribution in [1.29, 1.82) is 0 Å². The van der Waals surface area contributed by atoms with Crippen LogP contribution in [0.25, 0.3) is 0 Å². The number of halogens is 1. The van der Waals surface area contributed by atoms with Crippen molar-refractivity contribution in [1.82, 2.24) is 15.5 Å². The van der Waals surface area contributed by atoms with Crippen molar-refractivity contribution < 1.29 is 18.8 Å². The number of urea groups is 1. The molecule has 1 aliphatic carbocycles. The Bertz CT molecular complexity index is 647. The van der Waals surface area contributed by atoms with E-state index in [1.165, 1.54) is 29.5 Å². The maximum absolute atomic E-state index is 13.1. The molecule has 0 unspecified atom stereocenters. The van der Waals surface area contributed by atoms with Gasteiger partial charge >= 0.3 is 6.03 Å². The van der Waals surface area contributed by atoms with Gasteiger partial charge in [-0.2, -0.15) is 0 Å². The van der Waals surface area contributed by atoms with Crippen LogP contribution in [0.3, 0.4) is 0 Å². The lowest BCUT2D eigenvalue weighted by atomic mass is 9.96. The standard InChI is InChI=1S/C18H25FN4O3/c1-23(11-16(24)20-15-9-5-6-13(19)10-15)12-17(25)22-18(26)21-14-7-3-2-4-8-14/h5-6,9-10,14H,2-4,7-8,11-12H2,1H3,(H,20,24)(H2,21,22,25,26). The minimum absolute atomic E-state index is 0.0613. The highest BCUT2D eigenvalue weighted by atomic mass is 19.1. The second-order valence-corrected chi connectivity index (χ2v) is 6.59. The van der Waals surface area contributed by atoms with Crippen LogP contribution in [0.5, 0.6) is 0 Å². The first kappa shape index (κ1) is 19.8. The molecule has 0 spiro atoms. The molecule has 1 aliphatic rings. The zero-order valence-electron chi connectivity index (χ0n) is 14.9. The number of imide groups is 1. The summed E-state index contributed by atoms with van der Waals surface area (Å²) in [6.07, 6.45) is 5.22. The molecule has 8 heteroatoms. The largest absolute Gasteiger partial charge is 0.335 e. The van der Waals surface area contributed by atoms with Gasteiger partial charge in [-0.05, 0) is 38.1 Å². The SMILES string of the molecule is CN(CC(=O)NC(=O)NC1CCCCC1)CC(=O)Nc1cccc(F)c1. The number of likely N-dealkylation sites (N-methyl/N-ethyl adjacent to an activating group) is 1. The Morgan fingerprint density at radius 2 is 1.81 bits per heavy atom. The molecule has 26 heavy (non-hydrogen) atoms. The highest BCUT2D eigenvalue weighted by molar-refractivity contribution is 5.96. The van der Waals surface area contributed by atoms with Crippen molar-refractivity contribution in [3.63, 3.8) is 0 Å². The predicted octanol–water partition coefficient (Wildman–Crippen LogP) is 1.85. The molecule has 3 N–H and O–H groups in total. The average molecular weight is 364 g/mol. The third-order valence-corrected chi connectivity index (χ3v) is 4.13. The van der Waals surface area contributed by atoms with E-state index in [9.17, 15) is 18.8 Å². The van der Waals surface area contributed by atoms with Crippen LogP contribution in [0.15, 0.2) is 24.3 Å². The Balaban J connectivity index is 1.68. The summed E-state index contributed by atoms with van der Waals surface area (Å²) >= 11 is 0. The molecule has 1 saturated carbocycles. The molecule has 0 heterocycles. The smallest absolute Gasteiger partial charge is 0.321 e. The van der Waals surface area contributed by atoms with Gasteiger partial charge in [0.05, 0.1) is 13.1 Å². The van der Waals surface area contributed by atoms with Gasteiger partial charge in [-0.15, -0.1) is 0 Å². The van der Waals surface area contributed by atoms with E-state index in [0.717, 1.165) is 25.7 Å². The minimum atomic E-state index is -0.500. The number of carbonyl (C=O) groups is 3. The summed E-state index contributed by atoms with van der Waals surface area (Å²) in [4.78, 5) is 37.1. The topological polar surface area (TPSA) is 90.5 Å². The van der Waals surface area contributed by atoms with Crippen LogP contribution in [0.1, 0.15) is 32.1 Å². The summed E-state index contributed by atoms with van der Waals surface area (Å²) in [5, 5.41) is 7.62. The molecule has 1 aromatic rings. The van der Waals surface area contributed by atoms with Gasteiger partial charge < -0.3 is 10.6 Å². The number of rotatable bonds is 6. The molecule has 0 atom stereocenters. The zero-order valence-corrected chi connectivity index (χ0v) is 14.9. The van der Waals surface area contributed by atoms with Crippen LogP contribution in [0.4, 0.5) is 14.9 Å². The zero-order chi connectivity index (χ0) is 18.9. The van der Waals surface area contributed by atoms with Crippen molar-refractivity contribution in [3.8, 4) is 0 Å². The van der Waals surface area contributed by atoms with Crippen LogP contribution in [0.2, 0.25) is 0 Å². The summed E-state index contributed by atoms with van der Waals surface area (Å²) in [7, 11) is 1.59. The molecule has 0 saturated heterocycles. The van der Waals surface area contributed by atoms with E-state index in [1.807, 2.05) is 0 Å². The Hall–Kier alpha value is -2.48. The number of anilines is 1. The normalized spacial score (nSPS) is 14.7. The van der Waals surface area contributed by atoms with E-state index >= 15 is 0 Å². The van der Waals surface area contributed by atoms with Gasteiger partial charge in [0.1, 0.15) is 5.82 Å². The Morgan fingerprint density at radius 3 is 2.50 bits per heavy atom. The molecule has 142 valence electrons. The lowest BCUT2D eigenvalue weighted by Gasteiger charge is -2.23. The van der Waals surface area contributed by atoms with E-state index < -0.39 is 17.8 Å². The van der Waals surface area contributed by atoms with Crippen LogP contribution >= 0.6 is 0 Å². The summed E-state index contributed by atoms with van der Waals surface area (Å²) in [5.41, 5.74) is 0.347. The maximum atomic E-state index is 13.1. The van der Waals surface area contributed by atoms with Crippen LogP contribution in [-0.2, 0) is 9.59 Å². The predicted molar refractivity (Wildman–Crippen MR) is 96.1 cm³/mol. The van der Waals surface area contributed by atoms with Crippen molar-refractivity contribution >= 4 is 23.5 Å². The number of nitrogens with one attached hydrogen (secondary N) is 3. The maximum Gasteiger partial charge on any atom is 0.321 e. The van der Waals surface area contributed by atoms with Gasteiger partial charge in [-0.3, -0.25) is 19.8 Å². The van der Waals surface area contributed by atoms with Crippen molar-refractivity contribution in [2.45, 2.75) is 38.1 Å². The van der Waals surface area contributed by atoms with Crippen LogP contribution < -0.4 is 16.0 Å². The van der Waals surface area contributed by atoms with Crippen LogP contribution in [0, 0.1) is 5.82 Å². The molecule has 1 aromatic carbocycles. The first-order chi connectivity index (χ1) is 12.4. The molecular weight excluding hydrogens is 339 g/mol. The summed E-state index contributed by atoms with van der Waals surface area (Å²) in [5.74, 6) is -1.31. The minimum Gasteiger partial charge on any atom is -0.335 e. The number of amides is 4. The van der Waals surface area contributed by atoms with Crippen molar-refractivity contribution in [3.05, 3.63) is 30.1 Å². The van der Waals surface area contributed by atoms with Gasteiger partial charge in [0.15, 0.2) is 0 Å². The molecule has 7 nitrogen and oxygen atoms in total. The summed E-state index contributed by atoms with van der Waals surface area (Å²) < 4.78 is 13.1. The van der Waals surface area contributed by atoms with E-state index in [-0.39, 0.29) is 25.0 Å². The molecule has 0 bridgehead atoms. The highest BCUT2D eigenvalue weighted by Crippen LogP contribution is 2.17. The fourth-order valence-electron chi connectivity index (χ4n) is 2.95. The van der Waals surface area contributed by atoms with E-state index in [2.05, 4.69) is 16.0 Å². The van der Waals surface area contributed by atoms with E-state index in [0.29, 0.717) is 5.69 Å². The van der Waals surface area contributed by atoms with E-state index in [1.54, 1.807) is 13.1 Å². The first-order valence-electron chi connectivity index (χ1n) is 8.76. The number of benzene rings is 1. The average Bonchev–Trinajstić information content (AvgIpc) is 2.54. The fraction of sp³-hybridized carbons (Fsp3) is 0.500. The van der Waals surface area contributed by atoms with Crippen LogP contribution in [-0.4, -0.2) is 48.9 Å². The number of nitrogens with zero attached hydrogens (tertiary/aromatic N) is 1. The molecule has 4 amide bonds. The molecule has 0 aromatic heterocycles. The van der Waals surface area contributed by atoms with Gasteiger partial charge in [-0.25, -0.2) is 9.18 Å². The second kappa shape index (κ2) is 9.86. The Kier molecular flexibility index (Phi) is 7.53. The molecule has 2 rings (SSSR count). The highest BCUT2D eigenvalue weighted by Gasteiger charge is 2.18. The quantitative estimate of drug-likeness (QED) is 0.719. The molecule has 0 radical (unpaired) electrons.